The topological polar surface area (TPSA) is 114 Å². The molecule has 2 amide bonds. The first-order valence-electron chi connectivity index (χ1n) is 11.2. The van der Waals surface area contributed by atoms with Gasteiger partial charge < -0.3 is 14.8 Å². The fourth-order valence-corrected chi connectivity index (χ4v) is 5.89. The van der Waals surface area contributed by atoms with Crippen LogP contribution in [0.3, 0.4) is 0 Å². The summed E-state index contributed by atoms with van der Waals surface area (Å²) in [7, 11) is 2.07. The second-order valence-corrected chi connectivity index (χ2v) is 10.9. The van der Waals surface area contributed by atoms with E-state index >= 15 is 0 Å². The van der Waals surface area contributed by atoms with E-state index in [-0.39, 0.29) is 11.4 Å². The number of aromatic nitrogens is 4. The monoisotopic (exact) mass is 464 g/mol. The number of nitriles is 1. The summed E-state index contributed by atoms with van der Waals surface area (Å²) in [6.07, 6.45) is 5.50. The third kappa shape index (κ3) is 3.91. The Morgan fingerprint density at radius 2 is 2.06 bits per heavy atom. The van der Waals surface area contributed by atoms with Crippen LogP contribution in [0.4, 0.5) is 15.6 Å². The second-order valence-electron chi connectivity index (χ2n) is 10.1. The van der Waals surface area contributed by atoms with Gasteiger partial charge in [-0.05, 0) is 30.7 Å². The van der Waals surface area contributed by atoms with Crippen molar-refractivity contribution in [2.45, 2.75) is 45.1 Å². The highest BCUT2D eigenvalue weighted by atomic mass is 32.1. The minimum Gasteiger partial charge on any atom is -0.370 e. The molecule has 3 aromatic rings. The van der Waals surface area contributed by atoms with E-state index in [4.69, 9.17) is 0 Å². The number of aromatic amines is 1. The number of pyridine rings is 1. The molecule has 2 unspecified atom stereocenters. The standard InChI is InChI=1S/C23H28N8OS/c1-23(2,3)20-27-21(33-29-20)28-22(32)31-11-13-7-16(8-14(13)12-31)30(4)18-15(9-24)10-26-19-17(18)5-6-25-19/h5-6,10,13-14,16H,7-8,11-12H2,1-4H3,(H,25,26)(H,27,28,29,32). The lowest BCUT2D eigenvalue weighted by atomic mass is 9.96. The van der Waals surface area contributed by atoms with Gasteiger partial charge in [-0.2, -0.15) is 9.64 Å². The summed E-state index contributed by atoms with van der Waals surface area (Å²) in [4.78, 5) is 29.0. The Hall–Kier alpha value is -3.19. The highest BCUT2D eigenvalue weighted by molar-refractivity contribution is 7.09. The van der Waals surface area contributed by atoms with E-state index < -0.39 is 0 Å². The van der Waals surface area contributed by atoms with Crippen LogP contribution in [0.15, 0.2) is 18.5 Å². The predicted molar refractivity (Wildman–Crippen MR) is 128 cm³/mol. The van der Waals surface area contributed by atoms with Crippen LogP contribution in [-0.2, 0) is 5.41 Å². The molecule has 1 saturated carbocycles. The Bertz CT molecular complexity index is 1220. The second kappa shape index (κ2) is 7.99. The van der Waals surface area contributed by atoms with Gasteiger partial charge in [0.05, 0.1) is 11.3 Å². The van der Waals surface area contributed by atoms with Gasteiger partial charge >= 0.3 is 6.03 Å². The molecule has 9 nitrogen and oxygen atoms in total. The van der Waals surface area contributed by atoms with Gasteiger partial charge in [0, 0.05) is 60.9 Å². The zero-order valence-electron chi connectivity index (χ0n) is 19.3. The first kappa shape index (κ1) is 21.6. The number of H-pyrrole nitrogens is 1. The van der Waals surface area contributed by atoms with Crippen molar-refractivity contribution in [2.24, 2.45) is 11.8 Å². The number of nitrogens with one attached hydrogen (secondary N) is 2. The number of urea groups is 1. The van der Waals surface area contributed by atoms with Crippen LogP contribution in [0.25, 0.3) is 11.0 Å². The lowest BCUT2D eigenvalue weighted by Gasteiger charge is -2.29. The number of anilines is 2. The quantitative estimate of drug-likeness (QED) is 0.606. The maximum atomic E-state index is 12.8. The first-order chi connectivity index (χ1) is 15.7. The smallest absolute Gasteiger partial charge is 0.323 e. The molecule has 10 heteroatoms. The molecule has 1 saturated heterocycles. The molecular formula is C23H28N8OS. The molecule has 2 atom stereocenters. The van der Waals surface area contributed by atoms with Gasteiger partial charge in [0.15, 0.2) is 0 Å². The fourth-order valence-electron chi connectivity index (χ4n) is 5.14. The summed E-state index contributed by atoms with van der Waals surface area (Å²) in [5, 5.41) is 14.1. The van der Waals surface area contributed by atoms with Gasteiger partial charge in [-0.25, -0.2) is 14.8 Å². The molecule has 2 N–H and O–H groups in total. The maximum absolute atomic E-state index is 12.8. The molecule has 2 aliphatic rings. The lowest BCUT2D eigenvalue weighted by Crippen LogP contribution is -2.36. The molecule has 5 rings (SSSR count). The van der Waals surface area contributed by atoms with Crippen molar-refractivity contribution in [3.63, 3.8) is 0 Å². The summed E-state index contributed by atoms with van der Waals surface area (Å²) in [5.74, 6) is 1.66. The largest absolute Gasteiger partial charge is 0.370 e. The molecule has 2 fully saturated rings. The van der Waals surface area contributed by atoms with Gasteiger partial charge in [-0.1, -0.05) is 20.8 Å². The van der Waals surface area contributed by atoms with Crippen LogP contribution in [0.5, 0.6) is 0 Å². The minimum atomic E-state index is -0.141. The van der Waals surface area contributed by atoms with Crippen molar-refractivity contribution in [1.82, 2.24) is 24.2 Å². The van der Waals surface area contributed by atoms with E-state index in [0.717, 1.165) is 48.5 Å². The van der Waals surface area contributed by atoms with E-state index in [1.807, 2.05) is 17.2 Å². The number of nitrogens with zero attached hydrogens (tertiary/aromatic N) is 6. The molecule has 33 heavy (non-hydrogen) atoms. The number of carbonyl (C=O) groups excluding carboxylic acids is 1. The third-order valence-electron chi connectivity index (χ3n) is 6.90. The minimum absolute atomic E-state index is 0.0964. The SMILES string of the molecule is CN(c1c(C#N)cnc2[nH]ccc12)C1CC2CN(C(=O)Nc3nc(C(C)(C)C)ns3)CC2C1. The number of amides is 2. The molecule has 3 aromatic heterocycles. The van der Waals surface area contributed by atoms with Gasteiger partial charge in [-0.15, -0.1) is 0 Å². The maximum Gasteiger partial charge on any atom is 0.323 e. The van der Waals surface area contributed by atoms with E-state index in [2.05, 4.69) is 63.4 Å². The highest BCUT2D eigenvalue weighted by Crippen LogP contribution is 2.42. The van der Waals surface area contributed by atoms with E-state index in [9.17, 15) is 10.1 Å². The predicted octanol–water partition coefficient (Wildman–Crippen LogP) is 3.96. The molecule has 1 aliphatic heterocycles. The average molecular weight is 465 g/mol. The Labute approximate surface area is 197 Å². The zero-order chi connectivity index (χ0) is 23.3. The van der Waals surface area contributed by atoms with E-state index in [1.54, 1.807) is 6.20 Å². The first-order valence-corrected chi connectivity index (χ1v) is 12.0. The molecule has 0 spiro atoms. The third-order valence-corrected chi connectivity index (χ3v) is 7.53. The molecule has 172 valence electrons. The van der Waals surface area contributed by atoms with Crippen LogP contribution in [0.2, 0.25) is 0 Å². The van der Waals surface area contributed by atoms with Crippen LogP contribution in [0.1, 0.15) is 45.0 Å². The van der Waals surface area contributed by atoms with Crippen LogP contribution < -0.4 is 10.2 Å². The van der Waals surface area contributed by atoms with E-state index in [1.165, 1.54) is 11.5 Å². The summed E-state index contributed by atoms with van der Waals surface area (Å²) in [5.41, 5.74) is 2.18. The van der Waals surface area contributed by atoms with Gasteiger partial charge in [-0.3, -0.25) is 5.32 Å². The van der Waals surface area contributed by atoms with Gasteiger partial charge in [0.25, 0.3) is 0 Å². The highest BCUT2D eigenvalue weighted by Gasteiger charge is 2.44. The van der Waals surface area contributed by atoms with Crippen molar-refractivity contribution in [2.75, 3.05) is 30.4 Å². The average Bonchev–Trinajstić information content (AvgIpc) is 3.54. The number of likely N-dealkylation sites (tertiary alicyclic amines) is 1. The van der Waals surface area contributed by atoms with Crippen LogP contribution in [0, 0.1) is 23.2 Å². The lowest BCUT2D eigenvalue weighted by molar-refractivity contribution is 0.218. The zero-order valence-corrected chi connectivity index (χ0v) is 20.1. The van der Waals surface area contributed by atoms with Crippen LogP contribution in [-0.4, -0.2) is 56.4 Å². The number of fused-ring (bicyclic) bond motifs is 2. The van der Waals surface area contributed by atoms with E-state index in [0.29, 0.717) is 28.6 Å². The molecular weight excluding hydrogens is 436 g/mol. The summed E-state index contributed by atoms with van der Waals surface area (Å²) in [6, 6.07) is 4.51. The van der Waals surface area contributed by atoms with Crippen molar-refractivity contribution in [1.29, 1.82) is 5.26 Å². The van der Waals surface area contributed by atoms with Crippen molar-refractivity contribution in [3.8, 4) is 6.07 Å². The summed E-state index contributed by atoms with van der Waals surface area (Å²) in [6.45, 7) is 7.66. The fraction of sp³-hybridized carbons (Fsp3) is 0.522. The Balaban J connectivity index is 1.24. The van der Waals surface area contributed by atoms with Gasteiger partial charge in [0.1, 0.15) is 17.5 Å². The number of hydrogen-bond acceptors (Lipinski definition) is 7. The normalized spacial score (nSPS) is 22.4. The van der Waals surface area contributed by atoms with Gasteiger partial charge in [0.2, 0.25) is 5.13 Å². The Morgan fingerprint density at radius 1 is 1.33 bits per heavy atom. The van der Waals surface area contributed by atoms with Crippen molar-refractivity contribution in [3.05, 3.63) is 29.8 Å². The summed E-state index contributed by atoms with van der Waals surface area (Å²) < 4.78 is 4.38. The molecule has 4 heterocycles. The molecule has 0 bridgehead atoms. The number of carbonyl (C=O) groups is 1. The Morgan fingerprint density at radius 3 is 2.70 bits per heavy atom. The molecule has 0 aromatic carbocycles. The Kier molecular flexibility index (Phi) is 5.24. The molecule has 0 radical (unpaired) electrons. The summed E-state index contributed by atoms with van der Waals surface area (Å²) >= 11 is 1.23. The van der Waals surface area contributed by atoms with Crippen LogP contribution >= 0.6 is 11.5 Å². The van der Waals surface area contributed by atoms with Crippen molar-refractivity contribution < 1.29 is 4.79 Å². The van der Waals surface area contributed by atoms with Crippen molar-refractivity contribution >= 4 is 39.4 Å². The number of hydrogen-bond donors (Lipinski definition) is 2. The number of rotatable bonds is 3. The molecule has 1 aliphatic carbocycles.